The van der Waals surface area contributed by atoms with Crippen molar-refractivity contribution < 1.29 is 22.7 Å². The number of ether oxygens (including phenoxy) is 2. The average molecular weight is 441 g/mol. The van der Waals surface area contributed by atoms with Crippen LogP contribution in [0.5, 0.6) is 5.75 Å². The van der Waals surface area contributed by atoms with Crippen LogP contribution in [0.15, 0.2) is 53.4 Å². The Balaban J connectivity index is 2.27. The fourth-order valence-corrected chi connectivity index (χ4v) is 4.29. The normalized spacial score (nSPS) is 13.5. The van der Waals surface area contributed by atoms with Gasteiger partial charge in [-0.1, -0.05) is 41.9 Å². The molecule has 0 spiro atoms. The number of amides is 1. The van der Waals surface area contributed by atoms with E-state index >= 15 is 0 Å². The van der Waals surface area contributed by atoms with E-state index in [0.717, 1.165) is 5.56 Å². The van der Waals surface area contributed by atoms with Gasteiger partial charge in [-0.15, -0.1) is 0 Å². The highest BCUT2D eigenvalue weighted by Crippen LogP contribution is 2.27. The van der Waals surface area contributed by atoms with Crippen LogP contribution in [0.3, 0.4) is 0 Å². The number of hydrogen-bond acceptors (Lipinski definition) is 5. The maximum absolute atomic E-state index is 12.9. The van der Waals surface area contributed by atoms with Gasteiger partial charge in [0.15, 0.2) is 0 Å². The van der Waals surface area contributed by atoms with Crippen molar-refractivity contribution in [1.29, 1.82) is 0 Å². The molecular weight excluding hydrogens is 416 g/mol. The molecule has 2 aromatic carbocycles. The maximum atomic E-state index is 12.9. The summed E-state index contributed by atoms with van der Waals surface area (Å²) in [5, 5.41) is 2.93. The molecule has 0 saturated carbocycles. The molecule has 2 rings (SSSR count). The third-order valence-corrected chi connectivity index (χ3v) is 5.90. The molecule has 1 amide bonds. The summed E-state index contributed by atoms with van der Waals surface area (Å²) in [6.45, 7) is 2.09. The first kappa shape index (κ1) is 23.2. The van der Waals surface area contributed by atoms with Gasteiger partial charge in [-0.05, 0) is 37.1 Å². The summed E-state index contributed by atoms with van der Waals surface area (Å²) in [7, 11) is -1.03. The van der Waals surface area contributed by atoms with Crippen molar-refractivity contribution in [2.24, 2.45) is 0 Å². The topological polar surface area (TPSA) is 93.7 Å². The zero-order valence-corrected chi connectivity index (χ0v) is 18.1. The van der Waals surface area contributed by atoms with Crippen LogP contribution in [0.25, 0.3) is 0 Å². The predicted octanol–water partition coefficient (Wildman–Crippen LogP) is 2.39. The van der Waals surface area contributed by atoms with E-state index in [-0.39, 0.29) is 22.4 Å². The second kappa shape index (κ2) is 10.6. The summed E-state index contributed by atoms with van der Waals surface area (Å²) in [6, 6.07) is 12.0. The molecule has 0 saturated heterocycles. The molecule has 0 aliphatic carbocycles. The van der Waals surface area contributed by atoms with E-state index in [9.17, 15) is 13.2 Å². The van der Waals surface area contributed by atoms with Gasteiger partial charge in [0.1, 0.15) is 11.8 Å². The lowest BCUT2D eigenvalue weighted by Gasteiger charge is -2.21. The van der Waals surface area contributed by atoms with Crippen LogP contribution in [-0.2, 0) is 26.0 Å². The highest BCUT2D eigenvalue weighted by atomic mass is 35.5. The van der Waals surface area contributed by atoms with Gasteiger partial charge < -0.3 is 14.8 Å². The smallest absolute Gasteiger partial charge is 0.241 e. The number of benzene rings is 2. The molecule has 0 heterocycles. The predicted molar refractivity (Wildman–Crippen MR) is 112 cm³/mol. The second-order valence-corrected chi connectivity index (χ2v) is 8.65. The second-order valence-electron chi connectivity index (χ2n) is 6.52. The monoisotopic (exact) mass is 440 g/mol. The van der Waals surface area contributed by atoms with Gasteiger partial charge in [-0.2, -0.15) is 4.72 Å². The van der Waals surface area contributed by atoms with E-state index in [2.05, 4.69) is 10.0 Å². The van der Waals surface area contributed by atoms with Crippen LogP contribution >= 0.6 is 11.6 Å². The SMILES string of the molecule is COC[C@@H](C)NC(=O)[C@H](Cc1ccccc1)NS(=O)(=O)c1ccc(OC)c(Cl)c1. The van der Waals surface area contributed by atoms with Crippen molar-refractivity contribution in [2.75, 3.05) is 20.8 Å². The minimum atomic E-state index is -4.00. The summed E-state index contributed by atoms with van der Waals surface area (Å²) in [5.74, 6) is -0.0841. The fraction of sp³-hybridized carbons (Fsp3) is 0.350. The Hall–Kier alpha value is -2.13. The Bertz CT molecular complexity index is 922. The number of rotatable bonds is 10. The molecule has 29 heavy (non-hydrogen) atoms. The first-order chi connectivity index (χ1) is 13.8. The van der Waals surface area contributed by atoms with E-state index in [1.807, 2.05) is 30.3 Å². The molecule has 2 aromatic rings. The molecule has 2 N–H and O–H groups in total. The van der Waals surface area contributed by atoms with Crippen molar-refractivity contribution in [3.8, 4) is 5.75 Å². The quantitative estimate of drug-likeness (QED) is 0.591. The van der Waals surface area contributed by atoms with E-state index in [0.29, 0.717) is 12.4 Å². The Morgan fingerprint density at radius 3 is 2.41 bits per heavy atom. The average Bonchev–Trinajstić information content (AvgIpc) is 2.68. The molecule has 0 fully saturated rings. The highest BCUT2D eigenvalue weighted by Gasteiger charge is 2.27. The van der Waals surface area contributed by atoms with E-state index in [1.54, 1.807) is 6.92 Å². The summed E-state index contributed by atoms with van der Waals surface area (Å²) >= 11 is 6.06. The number of hydrogen-bond donors (Lipinski definition) is 2. The van der Waals surface area contributed by atoms with Crippen LogP contribution in [0, 0.1) is 0 Å². The molecule has 0 radical (unpaired) electrons. The number of methoxy groups -OCH3 is 2. The van der Waals surface area contributed by atoms with Gasteiger partial charge in [0.05, 0.1) is 23.6 Å². The summed E-state index contributed by atoms with van der Waals surface area (Å²) in [6.07, 6.45) is 0.190. The molecule has 0 unspecified atom stereocenters. The third kappa shape index (κ3) is 6.71. The summed E-state index contributed by atoms with van der Waals surface area (Å²) in [4.78, 5) is 12.7. The van der Waals surface area contributed by atoms with E-state index in [4.69, 9.17) is 21.1 Å². The molecular formula is C20H25ClN2O5S. The van der Waals surface area contributed by atoms with Gasteiger partial charge in [0, 0.05) is 13.2 Å². The van der Waals surface area contributed by atoms with Crippen LogP contribution in [0.1, 0.15) is 12.5 Å². The van der Waals surface area contributed by atoms with Gasteiger partial charge in [0.2, 0.25) is 15.9 Å². The summed E-state index contributed by atoms with van der Waals surface area (Å²) < 4.78 is 38.3. The Morgan fingerprint density at radius 2 is 1.83 bits per heavy atom. The number of halogens is 1. The minimum Gasteiger partial charge on any atom is -0.495 e. The molecule has 9 heteroatoms. The zero-order valence-electron chi connectivity index (χ0n) is 16.5. The Labute approximate surface area is 176 Å². The lowest BCUT2D eigenvalue weighted by molar-refractivity contribution is -0.123. The molecule has 0 bridgehead atoms. The van der Waals surface area contributed by atoms with Crippen molar-refractivity contribution in [1.82, 2.24) is 10.0 Å². The van der Waals surface area contributed by atoms with Gasteiger partial charge >= 0.3 is 0 Å². The molecule has 2 atom stereocenters. The van der Waals surface area contributed by atoms with E-state index < -0.39 is 22.0 Å². The fourth-order valence-electron chi connectivity index (χ4n) is 2.74. The van der Waals surface area contributed by atoms with E-state index in [1.165, 1.54) is 32.4 Å². The molecule has 0 aromatic heterocycles. The first-order valence-corrected chi connectivity index (χ1v) is 10.8. The van der Waals surface area contributed by atoms with Crippen molar-refractivity contribution in [2.45, 2.75) is 30.3 Å². The Morgan fingerprint density at radius 1 is 1.14 bits per heavy atom. The lowest BCUT2D eigenvalue weighted by atomic mass is 10.1. The maximum Gasteiger partial charge on any atom is 0.241 e. The Kier molecular flexibility index (Phi) is 8.45. The van der Waals surface area contributed by atoms with Crippen molar-refractivity contribution in [3.63, 3.8) is 0 Å². The van der Waals surface area contributed by atoms with Crippen LogP contribution < -0.4 is 14.8 Å². The number of carbonyl (C=O) groups is 1. The number of sulfonamides is 1. The lowest BCUT2D eigenvalue weighted by Crippen LogP contribution is -2.50. The number of carbonyl (C=O) groups excluding carboxylic acids is 1. The molecule has 0 aliphatic heterocycles. The minimum absolute atomic E-state index is 0.0564. The van der Waals surface area contributed by atoms with Crippen LogP contribution in [0.4, 0.5) is 0 Å². The van der Waals surface area contributed by atoms with Gasteiger partial charge in [-0.25, -0.2) is 8.42 Å². The van der Waals surface area contributed by atoms with Gasteiger partial charge in [-0.3, -0.25) is 4.79 Å². The standard InChI is InChI=1S/C20H25ClN2O5S/c1-14(13-27-2)22-20(24)18(11-15-7-5-4-6-8-15)23-29(25,26)16-9-10-19(28-3)17(21)12-16/h4-10,12,14,18,23H,11,13H2,1-3H3,(H,22,24)/t14-,18+/m1/s1. The third-order valence-electron chi connectivity index (χ3n) is 4.14. The zero-order chi connectivity index (χ0) is 21.4. The van der Waals surface area contributed by atoms with Crippen LogP contribution in [0.2, 0.25) is 5.02 Å². The van der Waals surface area contributed by atoms with Gasteiger partial charge in [0.25, 0.3) is 0 Å². The van der Waals surface area contributed by atoms with Crippen molar-refractivity contribution >= 4 is 27.5 Å². The van der Waals surface area contributed by atoms with Crippen molar-refractivity contribution in [3.05, 3.63) is 59.1 Å². The number of nitrogens with one attached hydrogen (secondary N) is 2. The highest BCUT2D eigenvalue weighted by molar-refractivity contribution is 7.89. The molecule has 158 valence electrons. The van der Waals surface area contributed by atoms with Crippen LogP contribution in [-0.4, -0.2) is 47.2 Å². The summed E-state index contributed by atoms with van der Waals surface area (Å²) in [5.41, 5.74) is 0.822. The largest absolute Gasteiger partial charge is 0.495 e. The first-order valence-electron chi connectivity index (χ1n) is 8.96. The molecule has 7 nitrogen and oxygen atoms in total. The molecule has 0 aliphatic rings.